The van der Waals surface area contributed by atoms with Gasteiger partial charge in [0.15, 0.2) is 5.16 Å². The van der Waals surface area contributed by atoms with Crippen LogP contribution in [0.15, 0.2) is 35.5 Å². The third-order valence-corrected chi connectivity index (χ3v) is 4.35. The first-order valence-electron chi connectivity index (χ1n) is 7.78. The normalized spacial score (nSPS) is 11.6. The lowest BCUT2D eigenvalue weighted by molar-refractivity contribution is 0.261. The highest BCUT2D eigenvalue weighted by molar-refractivity contribution is 7.99. The largest absolute Gasteiger partial charge is 0.288 e. The number of anilines is 1. The molecule has 0 bridgehead atoms. The SMILES string of the molecule is Cc1cc(C)nc(SCCN(O)c2ccc(C(C)(C)C)cc2)n1. The maximum atomic E-state index is 10.2. The van der Waals surface area contributed by atoms with E-state index in [4.69, 9.17) is 0 Å². The first kappa shape index (κ1) is 17.8. The lowest BCUT2D eigenvalue weighted by Gasteiger charge is -2.21. The molecule has 2 rings (SSSR count). The van der Waals surface area contributed by atoms with Gasteiger partial charge in [0.1, 0.15) is 0 Å². The van der Waals surface area contributed by atoms with Crippen molar-refractivity contribution in [2.75, 3.05) is 17.4 Å². The van der Waals surface area contributed by atoms with E-state index in [1.54, 1.807) is 11.8 Å². The van der Waals surface area contributed by atoms with Crippen LogP contribution in [0, 0.1) is 13.8 Å². The van der Waals surface area contributed by atoms with Gasteiger partial charge in [-0.3, -0.25) is 10.3 Å². The van der Waals surface area contributed by atoms with E-state index in [1.807, 2.05) is 32.0 Å². The van der Waals surface area contributed by atoms with Gasteiger partial charge < -0.3 is 0 Å². The molecule has 5 heteroatoms. The van der Waals surface area contributed by atoms with Crippen LogP contribution in [0.1, 0.15) is 37.7 Å². The maximum Gasteiger partial charge on any atom is 0.188 e. The summed E-state index contributed by atoms with van der Waals surface area (Å²) in [7, 11) is 0. The lowest BCUT2D eigenvalue weighted by atomic mass is 9.87. The molecule has 2 aromatic rings. The summed E-state index contributed by atoms with van der Waals surface area (Å²) in [5.74, 6) is 0.723. The average molecular weight is 331 g/mol. The molecule has 4 nitrogen and oxygen atoms in total. The summed E-state index contributed by atoms with van der Waals surface area (Å²) in [4.78, 5) is 8.79. The van der Waals surface area contributed by atoms with Gasteiger partial charge in [-0.2, -0.15) is 0 Å². The van der Waals surface area contributed by atoms with Crippen molar-refractivity contribution in [1.82, 2.24) is 9.97 Å². The number of hydrogen-bond acceptors (Lipinski definition) is 5. The van der Waals surface area contributed by atoms with Gasteiger partial charge in [-0.1, -0.05) is 44.7 Å². The van der Waals surface area contributed by atoms with E-state index in [0.29, 0.717) is 6.54 Å². The third-order valence-electron chi connectivity index (χ3n) is 3.53. The van der Waals surface area contributed by atoms with E-state index >= 15 is 0 Å². The topological polar surface area (TPSA) is 49.2 Å². The quantitative estimate of drug-likeness (QED) is 0.500. The van der Waals surface area contributed by atoms with Gasteiger partial charge in [0.2, 0.25) is 0 Å². The molecular formula is C18H25N3OS. The summed E-state index contributed by atoms with van der Waals surface area (Å²) < 4.78 is 0. The second-order valence-electron chi connectivity index (χ2n) is 6.70. The molecule has 1 aromatic carbocycles. The summed E-state index contributed by atoms with van der Waals surface area (Å²) in [5, 5.41) is 12.2. The standard InChI is InChI=1S/C18H25N3OS/c1-13-12-14(2)20-17(19-13)23-11-10-21(22)16-8-6-15(7-9-16)18(3,4)5/h6-9,12,22H,10-11H2,1-5H3. The maximum absolute atomic E-state index is 10.2. The Morgan fingerprint density at radius 3 is 2.13 bits per heavy atom. The van der Waals surface area contributed by atoms with Crippen molar-refractivity contribution in [2.24, 2.45) is 0 Å². The molecule has 1 aromatic heterocycles. The Morgan fingerprint density at radius 2 is 1.61 bits per heavy atom. The Bertz CT molecular complexity index is 630. The van der Waals surface area contributed by atoms with E-state index in [0.717, 1.165) is 28.0 Å². The summed E-state index contributed by atoms with van der Waals surface area (Å²) in [5.41, 5.74) is 4.12. The highest BCUT2D eigenvalue weighted by Gasteiger charge is 2.13. The van der Waals surface area contributed by atoms with E-state index in [-0.39, 0.29) is 5.41 Å². The second-order valence-corrected chi connectivity index (χ2v) is 7.76. The smallest absolute Gasteiger partial charge is 0.188 e. The zero-order valence-electron chi connectivity index (χ0n) is 14.5. The molecule has 0 spiro atoms. The highest BCUT2D eigenvalue weighted by atomic mass is 32.2. The van der Waals surface area contributed by atoms with Gasteiger partial charge in [-0.05, 0) is 43.0 Å². The third kappa shape index (κ3) is 5.22. The molecule has 124 valence electrons. The van der Waals surface area contributed by atoms with Crippen molar-refractivity contribution in [3.8, 4) is 0 Å². The zero-order valence-corrected chi connectivity index (χ0v) is 15.3. The van der Waals surface area contributed by atoms with Crippen molar-refractivity contribution in [1.29, 1.82) is 0 Å². The van der Waals surface area contributed by atoms with Crippen LogP contribution in [0.25, 0.3) is 0 Å². The van der Waals surface area contributed by atoms with Gasteiger partial charge in [-0.25, -0.2) is 9.97 Å². The minimum atomic E-state index is 0.120. The van der Waals surface area contributed by atoms with Gasteiger partial charge in [0, 0.05) is 17.1 Å². The zero-order chi connectivity index (χ0) is 17.0. The predicted molar refractivity (Wildman–Crippen MR) is 96.5 cm³/mol. The van der Waals surface area contributed by atoms with Crippen molar-refractivity contribution in [3.63, 3.8) is 0 Å². The molecule has 0 aliphatic carbocycles. The molecule has 1 N–H and O–H groups in total. The first-order valence-corrected chi connectivity index (χ1v) is 8.76. The minimum absolute atomic E-state index is 0.120. The number of hydroxylamine groups is 1. The van der Waals surface area contributed by atoms with E-state index < -0.39 is 0 Å². The van der Waals surface area contributed by atoms with E-state index in [1.165, 1.54) is 10.6 Å². The number of aryl methyl sites for hydroxylation is 2. The molecule has 0 saturated heterocycles. The summed E-state index contributed by atoms with van der Waals surface area (Å²) in [6.07, 6.45) is 0. The number of benzene rings is 1. The number of hydrogen-bond donors (Lipinski definition) is 1. The molecule has 0 aliphatic rings. The second kappa shape index (κ2) is 7.32. The fraction of sp³-hybridized carbons (Fsp3) is 0.444. The van der Waals surface area contributed by atoms with Gasteiger partial charge in [0.05, 0.1) is 12.2 Å². The fourth-order valence-corrected chi connectivity index (χ4v) is 3.11. The molecule has 23 heavy (non-hydrogen) atoms. The van der Waals surface area contributed by atoms with Crippen LogP contribution in [-0.2, 0) is 5.41 Å². The summed E-state index contributed by atoms with van der Waals surface area (Å²) in [6, 6.07) is 10.0. The minimum Gasteiger partial charge on any atom is -0.288 e. The summed E-state index contributed by atoms with van der Waals surface area (Å²) in [6.45, 7) is 11.0. The van der Waals surface area contributed by atoms with Crippen LogP contribution in [0.5, 0.6) is 0 Å². The van der Waals surface area contributed by atoms with Crippen molar-refractivity contribution < 1.29 is 5.21 Å². The summed E-state index contributed by atoms with van der Waals surface area (Å²) >= 11 is 1.56. The molecule has 0 fully saturated rings. The van der Waals surface area contributed by atoms with E-state index in [2.05, 4.69) is 42.9 Å². The molecule has 1 heterocycles. The van der Waals surface area contributed by atoms with Crippen LogP contribution in [0.3, 0.4) is 0 Å². The molecule has 0 atom stereocenters. The van der Waals surface area contributed by atoms with Crippen LogP contribution in [0.4, 0.5) is 5.69 Å². The van der Waals surface area contributed by atoms with Crippen molar-refractivity contribution >= 4 is 17.4 Å². The van der Waals surface area contributed by atoms with Crippen LogP contribution >= 0.6 is 11.8 Å². The van der Waals surface area contributed by atoms with Crippen LogP contribution < -0.4 is 5.06 Å². The van der Waals surface area contributed by atoms with Crippen LogP contribution in [-0.4, -0.2) is 27.5 Å². The molecule has 0 aliphatic heterocycles. The van der Waals surface area contributed by atoms with Gasteiger partial charge >= 0.3 is 0 Å². The first-order chi connectivity index (χ1) is 10.8. The monoisotopic (exact) mass is 331 g/mol. The van der Waals surface area contributed by atoms with E-state index in [9.17, 15) is 5.21 Å². The molecule has 0 radical (unpaired) electrons. The average Bonchev–Trinajstić information content (AvgIpc) is 2.45. The number of thioether (sulfide) groups is 1. The Balaban J connectivity index is 1.90. The number of rotatable bonds is 5. The Hall–Kier alpha value is -1.59. The van der Waals surface area contributed by atoms with Gasteiger partial charge in [0.25, 0.3) is 0 Å². The Kier molecular flexibility index (Phi) is 5.65. The van der Waals surface area contributed by atoms with Gasteiger partial charge in [-0.15, -0.1) is 0 Å². The van der Waals surface area contributed by atoms with Crippen LogP contribution in [0.2, 0.25) is 0 Å². The molecule has 0 unspecified atom stereocenters. The Labute approximate surface area is 142 Å². The molecule has 0 saturated carbocycles. The molecular weight excluding hydrogens is 306 g/mol. The predicted octanol–water partition coefficient (Wildman–Crippen LogP) is 4.38. The Morgan fingerprint density at radius 1 is 1.04 bits per heavy atom. The number of nitrogens with zero attached hydrogens (tertiary/aromatic N) is 3. The van der Waals surface area contributed by atoms with Crippen molar-refractivity contribution in [3.05, 3.63) is 47.3 Å². The lowest BCUT2D eigenvalue weighted by Crippen LogP contribution is -2.21. The number of aromatic nitrogens is 2. The fourth-order valence-electron chi connectivity index (χ4n) is 2.24. The van der Waals surface area contributed by atoms with Crippen molar-refractivity contribution in [2.45, 2.75) is 45.2 Å². The molecule has 0 amide bonds. The highest BCUT2D eigenvalue weighted by Crippen LogP contribution is 2.24.